The van der Waals surface area contributed by atoms with Crippen molar-refractivity contribution >= 4 is 5.97 Å². The zero-order valence-electron chi connectivity index (χ0n) is 16.3. The molecule has 142 valence electrons. The highest BCUT2D eigenvalue weighted by molar-refractivity contribution is 5.89. The Labute approximate surface area is 162 Å². The largest absolute Gasteiger partial charge is 0.489 e. The molecule has 0 aromatic heterocycles. The minimum Gasteiger partial charge on any atom is -0.489 e. The molecule has 4 heteroatoms. The summed E-state index contributed by atoms with van der Waals surface area (Å²) in [6.07, 6.45) is 6.31. The molecule has 0 N–H and O–H groups in total. The van der Waals surface area contributed by atoms with Gasteiger partial charge in [-0.3, -0.25) is 4.90 Å². The Hall–Kier alpha value is -2.77. The number of hydrogen-bond donors (Lipinski definition) is 0. The third-order valence-corrected chi connectivity index (χ3v) is 4.42. The van der Waals surface area contributed by atoms with Gasteiger partial charge in [0.1, 0.15) is 12.4 Å². The normalized spacial score (nSPS) is 11.7. The molecule has 0 fully saturated rings. The third-order valence-electron chi connectivity index (χ3n) is 4.42. The minimum atomic E-state index is -0.303. The van der Waals surface area contributed by atoms with Gasteiger partial charge in [-0.2, -0.15) is 0 Å². The van der Waals surface area contributed by atoms with Crippen LogP contribution in [0.3, 0.4) is 0 Å². The summed E-state index contributed by atoms with van der Waals surface area (Å²) in [6, 6.07) is 15.8. The molecular weight excluding hydrogens is 338 g/mol. The zero-order valence-corrected chi connectivity index (χ0v) is 16.3. The molecule has 27 heavy (non-hydrogen) atoms. The van der Waals surface area contributed by atoms with Gasteiger partial charge < -0.3 is 9.47 Å². The van der Waals surface area contributed by atoms with Crippen LogP contribution < -0.4 is 4.74 Å². The van der Waals surface area contributed by atoms with Crippen molar-refractivity contribution in [2.24, 2.45) is 0 Å². The maximum Gasteiger partial charge on any atom is 0.338 e. The van der Waals surface area contributed by atoms with Crippen molar-refractivity contribution in [2.45, 2.75) is 32.9 Å². The molecule has 0 saturated carbocycles. The minimum absolute atomic E-state index is 0.303. The van der Waals surface area contributed by atoms with E-state index in [1.165, 1.54) is 5.56 Å². The average molecular weight is 365 g/mol. The van der Waals surface area contributed by atoms with Crippen LogP contribution in [0, 0.1) is 12.3 Å². The maximum absolute atomic E-state index is 11.7. The molecule has 2 aromatic rings. The predicted molar refractivity (Wildman–Crippen MR) is 108 cm³/mol. The highest BCUT2D eigenvalue weighted by atomic mass is 16.5. The standard InChI is InChI=1S/C23H27NO3/c1-5-15-24(4)18(3)16-19-9-13-22(14-10-19)27-17-20-7-11-21(12-8-20)23(25)26-6-2/h1,7-14,18H,6,15-17H2,2-4H3/t18-/m1/s1. The number of rotatable bonds is 9. The summed E-state index contributed by atoms with van der Waals surface area (Å²) in [7, 11) is 2.04. The second-order valence-corrected chi connectivity index (χ2v) is 6.52. The van der Waals surface area contributed by atoms with E-state index in [2.05, 4.69) is 29.9 Å². The Bertz CT molecular complexity index is 760. The topological polar surface area (TPSA) is 38.8 Å². The molecule has 0 saturated heterocycles. The van der Waals surface area contributed by atoms with E-state index < -0.39 is 0 Å². The fourth-order valence-electron chi connectivity index (χ4n) is 2.64. The van der Waals surface area contributed by atoms with Gasteiger partial charge >= 0.3 is 5.97 Å². The molecule has 2 rings (SSSR count). The van der Waals surface area contributed by atoms with E-state index >= 15 is 0 Å². The van der Waals surface area contributed by atoms with Gasteiger partial charge in [0.05, 0.1) is 18.7 Å². The van der Waals surface area contributed by atoms with Crippen molar-refractivity contribution < 1.29 is 14.3 Å². The first-order valence-corrected chi connectivity index (χ1v) is 9.15. The molecule has 0 unspecified atom stereocenters. The van der Waals surface area contributed by atoms with Crippen LogP contribution in [0.2, 0.25) is 0 Å². The summed E-state index contributed by atoms with van der Waals surface area (Å²) in [5.74, 6) is 3.19. The monoisotopic (exact) mass is 365 g/mol. The number of nitrogens with zero attached hydrogens (tertiary/aromatic N) is 1. The fourth-order valence-corrected chi connectivity index (χ4v) is 2.64. The van der Waals surface area contributed by atoms with Gasteiger partial charge in [-0.25, -0.2) is 4.79 Å². The fraction of sp³-hybridized carbons (Fsp3) is 0.348. The van der Waals surface area contributed by atoms with Crippen LogP contribution in [0.5, 0.6) is 5.75 Å². The van der Waals surface area contributed by atoms with E-state index in [-0.39, 0.29) is 5.97 Å². The highest BCUT2D eigenvalue weighted by Crippen LogP contribution is 2.16. The van der Waals surface area contributed by atoms with E-state index in [0.29, 0.717) is 31.4 Å². The molecule has 4 nitrogen and oxygen atoms in total. The second-order valence-electron chi connectivity index (χ2n) is 6.52. The molecule has 0 heterocycles. The SMILES string of the molecule is C#CCN(C)[C@H](C)Cc1ccc(OCc2ccc(C(=O)OCC)cc2)cc1. The lowest BCUT2D eigenvalue weighted by atomic mass is 10.1. The van der Waals surface area contributed by atoms with E-state index in [4.69, 9.17) is 15.9 Å². The Morgan fingerprint density at radius 1 is 1.11 bits per heavy atom. The van der Waals surface area contributed by atoms with E-state index in [9.17, 15) is 4.79 Å². The molecule has 0 amide bonds. The van der Waals surface area contributed by atoms with Crippen LogP contribution in [0.25, 0.3) is 0 Å². The first-order chi connectivity index (χ1) is 13.0. The Balaban J connectivity index is 1.86. The van der Waals surface area contributed by atoms with Gasteiger partial charge in [0.15, 0.2) is 0 Å². The molecular formula is C23H27NO3. The summed E-state index contributed by atoms with van der Waals surface area (Å²) in [6.45, 7) is 5.43. The maximum atomic E-state index is 11.7. The summed E-state index contributed by atoms with van der Waals surface area (Å²) < 4.78 is 10.8. The first kappa shape index (κ1) is 20.5. The molecule has 0 aliphatic rings. The molecule has 0 aliphatic carbocycles. The quantitative estimate of drug-likeness (QED) is 0.498. The molecule has 0 radical (unpaired) electrons. The molecule has 0 bridgehead atoms. The summed E-state index contributed by atoms with van der Waals surface area (Å²) >= 11 is 0. The van der Waals surface area contributed by atoms with Gasteiger partial charge in [-0.05, 0) is 62.7 Å². The van der Waals surface area contributed by atoms with Crippen molar-refractivity contribution in [3.05, 3.63) is 65.2 Å². The van der Waals surface area contributed by atoms with E-state index in [1.807, 2.05) is 31.3 Å². The van der Waals surface area contributed by atoms with Gasteiger partial charge in [-0.15, -0.1) is 6.42 Å². The Morgan fingerprint density at radius 3 is 2.33 bits per heavy atom. The highest BCUT2D eigenvalue weighted by Gasteiger charge is 2.09. The number of esters is 1. The Kier molecular flexibility index (Phi) is 7.91. The number of carbonyl (C=O) groups is 1. The van der Waals surface area contributed by atoms with Crippen LogP contribution in [0.15, 0.2) is 48.5 Å². The van der Waals surface area contributed by atoms with Crippen LogP contribution in [-0.2, 0) is 17.8 Å². The molecule has 1 atom stereocenters. The van der Waals surface area contributed by atoms with Crippen LogP contribution in [0.4, 0.5) is 0 Å². The molecule has 0 aliphatic heterocycles. The third kappa shape index (κ3) is 6.47. The Morgan fingerprint density at radius 2 is 1.74 bits per heavy atom. The molecule has 2 aromatic carbocycles. The number of benzene rings is 2. The van der Waals surface area contributed by atoms with Crippen molar-refractivity contribution in [1.29, 1.82) is 0 Å². The van der Waals surface area contributed by atoms with Crippen molar-refractivity contribution in [1.82, 2.24) is 4.90 Å². The summed E-state index contributed by atoms with van der Waals surface area (Å²) in [5.41, 5.74) is 2.79. The lowest BCUT2D eigenvalue weighted by Crippen LogP contribution is -2.31. The molecule has 0 spiro atoms. The van der Waals surface area contributed by atoms with Crippen molar-refractivity contribution in [3.63, 3.8) is 0 Å². The lowest BCUT2D eigenvalue weighted by Gasteiger charge is -2.22. The van der Waals surface area contributed by atoms with E-state index in [0.717, 1.165) is 17.7 Å². The van der Waals surface area contributed by atoms with E-state index in [1.54, 1.807) is 19.1 Å². The van der Waals surface area contributed by atoms with Gasteiger partial charge in [0.25, 0.3) is 0 Å². The first-order valence-electron chi connectivity index (χ1n) is 9.15. The van der Waals surface area contributed by atoms with Crippen LogP contribution in [-0.4, -0.2) is 37.1 Å². The van der Waals surface area contributed by atoms with Gasteiger partial charge in [0, 0.05) is 6.04 Å². The van der Waals surface area contributed by atoms with Crippen molar-refractivity contribution in [3.8, 4) is 18.1 Å². The number of terminal acetylenes is 1. The summed E-state index contributed by atoms with van der Waals surface area (Å²) in [5, 5.41) is 0. The summed E-state index contributed by atoms with van der Waals surface area (Å²) in [4.78, 5) is 13.8. The lowest BCUT2D eigenvalue weighted by molar-refractivity contribution is 0.0526. The number of ether oxygens (including phenoxy) is 2. The zero-order chi connectivity index (χ0) is 19.6. The van der Waals surface area contributed by atoms with Crippen molar-refractivity contribution in [2.75, 3.05) is 20.2 Å². The average Bonchev–Trinajstić information content (AvgIpc) is 2.68. The number of hydrogen-bond acceptors (Lipinski definition) is 4. The van der Waals surface area contributed by atoms with Crippen LogP contribution >= 0.6 is 0 Å². The van der Waals surface area contributed by atoms with Gasteiger partial charge in [-0.1, -0.05) is 30.2 Å². The van der Waals surface area contributed by atoms with Gasteiger partial charge in [0.2, 0.25) is 0 Å². The number of likely N-dealkylation sites (N-methyl/N-ethyl adjacent to an activating group) is 1. The number of carbonyl (C=O) groups excluding carboxylic acids is 1. The predicted octanol–water partition coefficient (Wildman–Crippen LogP) is 3.94. The van der Waals surface area contributed by atoms with Crippen LogP contribution in [0.1, 0.15) is 35.3 Å². The second kappa shape index (κ2) is 10.4. The smallest absolute Gasteiger partial charge is 0.338 e.